The van der Waals surface area contributed by atoms with Crippen molar-refractivity contribution in [3.05, 3.63) is 48.7 Å². The van der Waals surface area contributed by atoms with Crippen molar-refractivity contribution in [3.8, 4) is 17.1 Å². The summed E-state index contributed by atoms with van der Waals surface area (Å²) in [5, 5.41) is 2.90. The molecule has 0 unspecified atom stereocenters. The molecule has 43 heavy (non-hydrogen) atoms. The van der Waals surface area contributed by atoms with Crippen LogP contribution in [0.3, 0.4) is 0 Å². The Hall–Kier alpha value is -4.08. The van der Waals surface area contributed by atoms with E-state index in [0.29, 0.717) is 35.3 Å². The summed E-state index contributed by atoms with van der Waals surface area (Å²) in [6, 6.07) is 5.05. The van der Waals surface area contributed by atoms with Crippen molar-refractivity contribution < 1.29 is 28.2 Å². The molecule has 1 aliphatic rings. The minimum Gasteiger partial charge on any atom is -0.477 e. The maximum atomic E-state index is 14.0. The lowest BCUT2D eigenvalue weighted by Gasteiger charge is -2.40. The molecule has 14 nitrogen and oxygen atoms in total. The van der Waals surface area contributed by atoms with Crippen LogP contribution in [0, 0.1) is 0 Å². The molecule has 0 saturated carbocycles. The van der Waals surface area contributed by atoms with Gasteiger partial charge in [-0.25, -0.2) is 24.7 Å². The van der Waals surface area contributed by atoms with Crippen molar-refractivity contribution in [1.29, 1.82) is 0 Å². The molecule has 232 valence electrons. The SMILES string of the molecule is CCOc1cncc(-c2ccc(NC(=O)C3(c4ccnc(NS(O)(O)CC)n4)CCN(C(=O)OC(C)(C)C)CC3)nc2)n1. The predicted octanol–water partition coefficient (Wildman–Crippen LogP) is 4.73. The number of ether oxygens (including phenoxy) is 2. The Kier molecular flexibility index (Phi) is 9.67. The molecule has 4 N–H and O–H groups in total. The topological polar surface area (TPSA) is 185 Å². The largest absolute Gasteiger partial charge is 0.477 e. The monoisotopic (exact) mass is 614 g/mol. The Bertz CT molecular complexity index is 1430. The van der Waals surface area contributed by atoms with Crippen molar-refractivity contribution in [2.75, 3.05) is 35.5 Å². The number of nitrogens with zero attached hydrogens (tertiary/aromatic N) is 6. The van der Waals surface area contributed by atoms with E-state index in [2.05, 4.69) is 35.0 Å². The van der Waals surface area contributed by atoms with Gasteiger partial charge in [-0.1, -0.05) is 0 Å². The fourth-order valence-corrected chi connectivity index (χ4v) is 4.98. The molecule has 0 bridgehead atoms. The van der Waals surface area contributed by atoms with Gasteiger partial charge in [-0.3, -0.25) is 23.6 Å². The van der Waals surface area contributed by atoms with E-state index in [1.807, 2.05) is 6.92 Å². The standard InChI is InChI=1S/C28H38N8O6S/c1-6-41-23-18-29-17-20(32-23)19-8-9-22(31-16-19)34-24(37)28(11-14-36(15-12-28)26(38)42-27(3,4)5)21-10-13-30-25(33-21)35-43(39,40)7-2/h8-10,13,16-18,39-40H,6-7,11-12,14-15H2,1-5H3,(H,30,33,35)(H,31,34,37). The van der Waals surface area contributed by atoms with Gasteiger partial charge in [0.05, 0.1) is 41.6 Å². The molecule has 0 spiro atoms. The van der Waals surface area contributed by atoms with E-state index in [4.69, 9.17) is 9.47 Å². The molecule has 0 radical (unpaired) electrons. The second kappa shape index (κ2) is 13.1. The molecule has 0 atom stereocenters. The lowest BCUT2D eigenvalue weighted by molar-refractivity contribution is -0.123. The molecule has 15 heteroatoms. The first-order valence-electron chi connectivity index (χ1n) is 13.9. The van der Waals surface area contributed by atoms with Crippen LogP contribution >= 0.6 is 10.8 Å². The molecule has 1 fully saturated rings. The van der Waals surface area contributed by atoms with E-state index in [-0.39, 0.29) is 43.5 Å². The summed E-state index contributed by atoms with van der Waals surface area (Å²) in [7, 11) is -3.15. The van der Waals surface area contributed by atoms with Gasteiger partial charge in [-0.05, 0) is 65.7 Å². The Balaban J connectivity index is 1.59. The normalized spacial score (nSPS) is 15.4. The number of pyridine rings is 1. The summed E-state index contributed by atoms with van der Waals surface area (Å²) in [5.74, 6) is 0.376. The second-order valence-corrected chi connectivity index (χ2v) is 13.0. The van der Waals surface area contributed by atoms with E-state index in [1.165, 1.54) is 12.4 Å². The Labute approximate surface area is 252 Å². The van der Waals surface area contributed by atoms with E-state index in [9.17, 15) is 18.7 Å². The summed E-state index contributed by atoms with van der Waals surface area (Å²) in [6.45, 7) is 9.80. The number of hydrogen-bond acceptors (Lipinski definition) is 12. The number of rotatable bonds is 9. The van der Waals surface area contributed by atoms with Crippen LogP contribution < -0.4 is 14.8 Å². The average molecular weight is 615 g/mol. The smallest absolute Gasteiger partial charge is 0.410 e. The Morgan fingerprint density at radius 2 is 1.79 bits per heavy atom. The number of amides is 2. The summed E-state index contributed by atoms with van der Waals surface area (Å²) in [6.07, 6.45) is 6.16. The van der Waals surface area contributed by atoms with Gasteiger partial charge in [0.1, 0.15) is 11.4 Å². The second-order valence-electron chi connectivity index (χ2n) is 10.9. The highest BCUT2D eigenvalue weighted by Gasteiger charge is 2.46. The van der Waals surface area contributed by atoms with Crippen LogP contribution in [0.1, 0.15) is 53.2 Å². The molecule has 3 aromatic rings. The fourth-order valence-electron chi connectivity index (χ4n) is 4.45. The van der Waals surface area contributed by atoms with Crippen molar-refractivity contribution in [2.45, 2.75) is 58.5 Å². The van der Waals surface area contributed by atoms with E-state index < -0.39 is 27.9 Å². The number of nitrogens with one attached hydrogen (secondary N) is 2. The Morgan fingerprint density at radius 3 is 2.42 bits per heavy atom. The third kappa shape index (κ3) is 8.06. The molecular formula is C28H38N8O6S. The fraction of sp³-hybridized carbons (Fsp3) is 0.464. The maximum Gasteiger partial charge on any atom is 0.410 e. The molecule has 1 saturated heterocycles. The highest BCUT2D eigenvalue weighted by Crippen LogP contribution is 2.39. The average Bonchev–Trinajstić information content (AvgIpc) is 2.97. The van der Waals surface area contributed by atoms with Crippen molar-refractivity contribution in [1.82, 2.24) is 29.8 Å². The van der Waals surface area contributed by atoms with Crippen LogP contribution in [0.25, 0.3) is 11.3 Å². The quantitative estimate of drug-likeness (QED) is 0.260. The molecule has 1 aliphatic heterocycles. The maximum absolute atomic E-state index is 14.0. The molecule has 4 heterocycles. The van der Waals surface area contributed by atoms with Crippen molar-refractivity contribution >= 4 is 34.5 Å². The number of likely N-dealkylation sites (tertiary alicyclic amines) is 1. The lowest BCUT2D eigenvalue weighted by Crippen LogP contribution is -2.52. The molecule has 0 aromatic carbocycles. The van der Waals surface area contributed by atoms with Gasteiger partial charge >= 0.3 is 6.09 Å². The van der Waals surface area contributed by atoms with Crippen molar-refractivity contribution in [2.24, 2.45) is 0 Å². The number of hydrogen-bond donors (Lipinski definition) is 4. The van der Waals surface area contributed by atoms with Gasteiger partial charge in [0.2, 0.25) is 17.7 Å². The molecule has 2 amide bonds. The number of piperidine rings is 1. The van der Waals surface area contributed by atoms with Gasteiger partial charge in [0.25, 0.3) is 0 Å². The number of anilines is 2. The van der Waals surface area contributed by atoms with Gasteiger partial charge in [0, 0.05) is 31.0 Å². The Morgan fingerprint density at radius 1 is 1.05 bits per heavy atom. The molecule has 3 aromatic heterocycles. The molecule has 4 rings (SSSR count). The number of carbonyl (C=O) groups is 2. The first kappa shape index (κ1) is 31.8. The van der Waals surface area contributed by atoms with Crippen LogP contribution in [0.4, 0.5) is 16.6 Å². The van der Waals surface area contributed by atoms with Crippen LogP contribution in [-0.4, -0.2) is 82.0 Å². The molecule has 0 aliphatic carbocycles. The summed E-state index contributed by atoms with van der Waals surface area (Å²) in [4.78, 5) is 50.0. The summed E-state index contributed by atoms with van der Waals surface area (Å²) < 4.78 is 33.9. The number of aromatic nitrogens is 5. The van der Waals surface area contributed by atoms with Crippen LogP contribution in [0.15, 0.2) is 43.0 Å². The lowest BCUT2D eigenvalue weighted by atomic mass is 9.74. The van der Waals surface area contributed by atoms with Crippen LogP contribution in [0.2, 0.25) is 0 Å². The van der Waals surface area contributed by atoms with Crippen LogP contribution in [0.5, 0.6) is 5.88 Å². The third-order valence-corrected chi connectivity index (χ3v) is 8.03. The zero-order valence-electron chi connectivity index (χ0n) is 24.9. The summed E-state index contributed by atoms with van der Waals surface area (Å²) >= 11 is 0. The van der Waals surface area contributed by atoms with E-state index >= 15 is 0 Å². The van der Waals surface area contributed by atoms with Crippen LogP contribution in [-0.2, 0) is 14.9 Å². The minimum atomic E-state index is -3.15. The highest BCUT2D eigenvalue weighted by atomic mass is 32.3. The zero-order valence-corrected chi connectivity index (χ0v) is 25.7. The molecular weight excluding hydrogens is 576 g/mol. The zero-order chi connectivity index (χ0) is 31.3. The minimum absolute atomic E-state index is 0.0148. The first-order valence-corrected chi connectivity index (χ1v) is 15.6. The van der Waals surface area contributed by atoms with Gasteiger partial charge < -0.3 is 19.7 Å². The van der Waals surface area contributed by atoms with E-state index in [1.54, 1.807) is 63.2 Å². The predicted molar refractivity (Wildman–Crippen MR) is 163 cm³/mol. The van der Waals surface area contributed by atoms with Gasteiger partial charge in [0.15, 0.2) is 0 Å². The number of carbonyl (C=O) groups excluding carboxylic acids is 2. The summed E-state index contributed by atoms with van der Waals surface area (Å²) in [5.41, 5.74) is -0.204. The van der Waals surface area contributed by atoms with Crippen molar-refractivity contribution in [3.63, 3.8) is 0 Å². The first-order chi connectivity index (χ1) is 20.3. The third-order valence-electron chi connectivity index (χ3n) is 6.71. The highest BCUT2D eigenvalue weighted by molar-refractivity contribution is 8.25. The van der Waals surface area contributed by atoms with E-state index in [0.717, 1.165) is 0 Å². The van der Waals surface area contributed by atoms with Gasteiger partial charge in [-0.15, -0.1) is 10.8 Å². The van der Waals surface area contributed by atoms with Gasteiger partial charge in [-0.2, -0.15) is 0 Å².